The van der Waals surface area contributed by atoms with Crippen molar-refractivity contribution >= 4 is 10.0 Å². The first-order chi connectivity index (χ1) is 9.95. The van der Waals surface area contributed by atoms with E-state index in [0.29, 0.717) is 12.3 Å². The SMILES string of the molecule is CCC1CCC(C)N1S(=O)(=O)c1cc(CN)ccc1OC. The van der Waals surface area contributed by atoms with Crippen LogP contribution in [0.2, 0.25) is 0 Å². The van der Waals surface area contributed by atoms with E-state index < -0.39 is 10.0 Å². The van der Waals surface area contributed by atoms with Gasteiger partial charge >= 0.3 is 0 Å². The van der Waals surface area contributed by atoms with E-state index in [1.165, 1.54) is 7.11 Å². The van der Waals surface area contributed by atoms with E-state index in [1.807, 2.05) is 13.8 Å². The van der Waals surface area contributed by atoms with E-state index in [9.17, 15) is 8.42 Å². The molecule has 0 radical (unpaired) electrons. The number of hydrogen-bond acceptors (Lipinski definition) is 4. The van der Waals surface area contributed by atoms with Gasteiger partial charge < -0.3 is 10.5 Å². The van der Waals surface area contributed by atoms with Gasteiger partial charge in [-0.05, 0) is 43.9 Å². The third-order valence-corrected chi connectivity index (χ3v) is 6.29. The van der Waals surface area contributed by atoms with Gasteiger partial charge in [-0.3, -0.25) is 0 Å². The quantitative estimate of drug-likeness (QED) is 0.904. The van der Waals surface area contributed by atoms with Crippen LogP contribution in [0.3, 0.4) is 0 Å². The van der Waals surface area contributed by atoms with Crippen molar-refractivity contribution in [2.24, 2.45) is 5.73 Å². The summed E-state index contributed by atoms with van der Waals surface area (Å²) in [5.41, 5.74) is 6.42. The molecule has 0 aliphatic carbocycles. The van der Waals surface area contributed by atoms with Gasteiger partial charge in [0, 0.05) is 18.6 Å². The number of sulfonamides is 1. The fourth-order valence-electron chi connectivity index (χ4n) is 3.03. The molecule has 1 fully saturated rings. The van der Waals surface area contributed by atoms with Gasteiger partial charge in [0.2, 0.25) is 10.0 Å². The lowest BCUT2D eigenvalue weighted by atomic mass is 10.2. The van der Waals surface area contributed by atoms with E-state index >= 15 is 0 Å². The first-order valence-electron chi connectivity index (χ1n) is 7.36. The number of ether oxygens (including phenoxy) is 1. The first-order valence-corrected chi connectivity index (χ1v) is 8.80. The predicted octanol–water partition coefficient (Wildman–Crippen LogP) is 2.11. The number of nitrogens with two attached hydrogens (primary N) is 1. The van der Waals surface area contributed by atoms with Crippen molar-refractivity contribution in [2.75, 3.05) is 7.11 Å². The summed E-state index contributed by atoms with van der Waals surface area (Å²) in [5, 5.41) is 0. The standard InChI is InChI=1S/C15H24N2O3S/c1-4-13-7-5-11(2)17(13)21(18,19)15-9-12(10-16)6-8-14(15)20-3/h6,8-9,11,13H,4-5,7,10,16H2,1-3H3. The molecule has 118 valence electrons. The van der Waals surface area contributed by atoms with E-state index in [2.05, 4.69) is 0 Å². The molecule has 0 aromatic heterocycles. The van der Waals surface area contributed by atoms with Gasteiger partial charge in [-0.25, -0.2) is 8.42 Å². The van der Waals surface area contributed by atoms with E-state index in [-0.39, 0.29) is 17.0 Å². The maximum absolute atomic E-state index is 13.1. The lowest BCUT2D eigenvalue weighted by molar-refractivity contribution is 0.325. The average molecular weight is 312 g/mol. The van der Waals surface area contributed by atoms with Crippen LogP contribution in [-0.2, 0) is 16.6 Å². The minimum absolute atomic E-state index is 0.0196. The topological polar surface area (TPSA) is 72.6 Å². The molecular formula is C15H24N2O3S. The second kappa shape index (κ2) is 6.34. The third kappa shape index (κ3) is 2.93. The Labute approximate surface area is 127 Å². The molecule has 1 heterocycles. The van der Waals surface area contributed by atoms with Crippen LogP contribution in [0, 0.1) is 0 Å². The maximum atomic E-state index is 13.1. The van der Waals surface area contributed by atoms with E-state index in [0.717, 1.165) is 24.8 Å². The molecule has 1 aromatic carbocycles. The van der Waals surface area contributed by atoms with Gasteiger partial charge in [0.05, 0.1) is 7.11 Å². The summed E-state index contributed by atoms with van der Waals surface area (Å²) in [6.45, 7) is 4.30. The fraction of sp³-hybridized carbons (Fsp3) is 0.600. The van der Waals surface area contributed by atoms with Gasteiger partial charge in [0.25, 0.3) is 0 Å². The summed E-state index contributed by atoms with van der Waals surface area (Å²) in [5.74, 6) is 0.376. The van der Waals surface area contributed by atoms with Crippen molar-refractivity contribution in [2.45, 2.75) is 56.6 Å². The Morgan fingerprint density at radius 3 is 2.67 bits per heavy atom. The van der Waals surface area contributed by atoms with Crippen molar-refractivity contribution in [3.05, 3.63) is 23.8 Å². The largest absolute Gasteiger partial charge is 0.495 e. The third-order valence-electron chi connectivity index (χ3n) is 4.20. The van der Waals surface area contributed by atoms with Crippen molar-refractivity contribution in [1.82, 2.24) is 4.31 Å². The monoisotopic (exact) mass is 312 g/mol. The van der Waals surface area contributed by atoms with Crippen LogP contribution in [0.4, 0.5) is 0 Å². The molecule has 6 heteroatoms. The second-order valence-electron chi connectivity index (χ2n) is 5.51. The summed E-state index contributed by atoms with van der Waals surface area (Å²) < 4.78 is 33.0. The molecule has 0 spiro atoms. The highest BCUT2D eigenvalue weighted by Gasteiger charge is 2.40. The van der Waals surface area contributed by atoms with Crippen LogP contribution in [-0.4, -0.2) is 31.9 Å². The highest BCUT2D eigenvalue weighted by Crippen LogP contribution is 2.36. The average Bonchev–Trinajstić information content (AvgIpc) is 2.88. The van der Waals surface area contributed by atoms with Gasteiger partial charge in [-0.1, -0.05) is 13.0 Å². The van der Waals surface area contributed by atoms with E-state index in [4.69, 9.17) is 10.5 Å². The molecule has 21 heavy (non-hydrogen) atoms. The zero-order chi connectivity index (χ0) is 15.6. The summed E-state index contributed by atoms with van der Waals surface area (Å²) in [4.78, 5) is 0.222. The molecule has 1 aliphatic rings. The molecule has 1 saturated heterocycles. The molecule has 0 bridgehead atoms. The molecule has 0 saturated carbocycles. The second-order valence-corrected chi connectivity index (χ2v) is 7.32. The molecule has 2 atom stereocenters. The Hall–Kier alpha value is -1.11. The number of hydrogen-bond donors (Lipinski definition) is 1. The van der Waals surface area contributed by atoms with Crippen molar-refractivity contribution in [3.8, 4) is 5.75 Å². The van der Waals surface area contributed by atoms with Crippen molar-refractivity contribution in [3.63, 3.8) is 0 Å². The zero-order valence-electron chi connectivity index (χ0n) is 12.9. The lowest BCUT2D eigenvalue weighted by Crippen LogP contribution is -2.39. The predicted molar refractivity (Wildman–Crippen MR) is 82.7 cm³/mol. The Morgan fingerprint density at radius 2 is 2.10 bits per heavy atom. The minimum Gasteiger partial charge on any atom is -0.495 e. The smallest absolute Gasteiger partial charge is 0.247 e. The van der Waals surface area contributed by atoms with E-state index in [1.54, 1.807) is 22.5 Å². The van der Waals surface area contributed by atoms with Gasteiger partial charge in [-0.2, -0.15) is 4.31 Å². The Bertz CT molecular complexity index is 601. The molecule has 2 unspecified atom stereocenters. The van der Waals surface area contributed by atoms with Crippen molar-refractivity contribution in [1.29, 1.82) is 0 Å². The van der Waals surface area contributed by atoms with Crippen LogP contribution >= 0.6 is 0 Å². The Morgan fingerprint density at radius 1 is 1.38 bits per heavy atom. The Kier molecular flexibility index (Phi) is 4.91. The van der Waals surface area contributed by atoms with Crippen LogP contribution in [0.15, 0.2) is 23.1 Å². The summed E-state index contributed by atoms with van der Waals surface area (Å²) in [7, 11) is -2.08. The molecule has 2 rings (SSSR count). The van der Waals surface area contributed by atoms with Gasteiger partial charge in [-0.15, -0.1) is 0 Å². The first kappa shape index (κ1) is 16.3. The molecular weight excluding hydrogens is 288 g/mol. The minimum atomic E-state index is -3.57. The Balaban J connectivity index is 2.52. The van der Waals surface area contributed by atoms with Crippen LogP contribution in [0.1, 0.15) is 38.7 Å². The molecule has 0 amide bonds. The number of benzene rings is 1. The molecule has 1 aliphatic heterocycles. The highest BCUT2D eigenvalue weighted by molar-refractivity contribution is 7.89. The normalized spacial score (nSPS) is 23.4. The summed E-state index contributed by atoms with van der Waals surface area (Å²) in [6, 6.07) is 5.19. The number of nitrogens with zero attached hydrogens (tertiary/aromatic N) is 1. The number of rotatable bonds is 5. The zero-order valence-corrected chi connectivity index (χ0v) is 13.7. The van der Waals surface area contributed by atoms with Crippen LogP contribution < -0.4 is 10.5 Å². The lowest BCUT2D eigenvalue weighted by Gasteiger charge is -2.27. The fourth-order valence-corrected chi connectivity index (χ4v) is 5.19. The molecule has 2 N–H and O–H groups in total. The highest BCUT2D eigenvalue weighted by atomic mass is 32.2. The maximum Gasteiger partial charge on any atom is 0.247 e. The van der Waals surface area contributed by atoms with Gasteiger partial charge in [0.15, 0.2) is 0 Å². The van der Waals surface area contributed by atoms with Gasteiger partial charge in [0.1, 0.15) is 10.6 Å². The molecule has 5 nitrogen and oxygen atoms in total. The van der Waals surface area contributed by atoms with Crippen molar-refractivity contribution < 1.29 is 13.2 Å². The van der Waals surface area contributed by atoms with Crippen LogP contribution in [0.5, 0.6) is 5.75 Å². The summed E-state index contributed by atoms with van der Waals surface area (Å²) in [6.07, 6.45) is 2.63. The van der Waals surface area contributed by atoms with Crippen LogP contribution in [0.25, 0.3) is 0 Å². The molecule has 1 aromatic rings. The summed E-state index contributed by atoms with van der Waals surface area (Å²) >= 11 is 0. The number of methoxy groups -OCH3 is 1.